The van der Waals surface area contributed by atoms with Crippen LogP contribution in [0.3, 0.4) is 0 Å². The molecule has 94 valence electrons. The summed E-state index contributed by atoms with van der Waals surface area (Å²) in [6.07, 6.45) is 3.67. The van der Waals surface area contributed by atoms with Gasteiger partial charge in [-0.3, -0.25) is 4.98 Å². The third-order valence-corrected chi connectivity index (χ3v) is 3.59. The zero-order valence-electron chi connectivity index (χ0n) is 10.3. The SMILES string of the molecule is CN(Cc1cccnc1)c1cccc(Br)c1CN. The van der Waals surface area contributed by atoms with E-state index in [1.807, 2.05) is 24.4 Å². The number of hydrogen-bond acceptors (Lipinski definition) is 3. The van der Waals surface area contributed by atoms with Gasteiger partial charge in [-0.05, 0) is 23.8 Å². The van der Waals surface area contributed by atoms with E-state index < -0.39 is 0 Å². The lowest BCUT2D eigenvalue weighted by Crippen LogP contribution is -2.19. The maximum Gasteiger partial charge on any atom is 0.0441 e. The van der Waals surface area contributed by atoms with Gasteiger partial charge in [0.05, 0.1) is 0 Å². The van der Waals surface area contributed by atoms with Crippen LogP contribution < -0.4 is 10.6 Å². The Morgan fingerprint density at radius 1 is 1.28 bits per heavy atom. The van der Waals surface area contributed by atoms with Gasteiger partial charge in [0, 0.05) is 48.3 Å². The molecule has 0 radical (unpaired) electrons. The number of benzene rings is 1. The highest BCUT2D eigenvalue weighted by Gasteiger charge is 2.09. The van der Waals surface area contributed by atoms with E-state index >= 15 is 0 Å². The molecule has 0 spiro atoms. The largest absolute Gasteiger partial charge is 0.370 e. The Morgan fingerprint density at radius 3 is 2.78 bits per heavy atom. The number of nitrogens with two attached hydrogens (primary N) is 1. The molecule has 1 aromatic carbocycles. The molecule has 3 nitrogen and oxygen atoms in total. The van der Waals surface area contributed by atoms with Gasteiger partial charge in [-0.15, -0.1) is 0 Å². The minimum Gasteiger partial charge on any atom is -0.370 e. The summed E-state index contributed by atoms with van der Waals surface area (Å²) < 4.78 is 1.06. The van der Waals surface area contributed by atoms with Crippen molar-refractivity contribution in [1.82, 2.24) is 4.98 Å². The summed E-state index contributed by atoms with van der Waals surface area (Å²) in [6.45, 7) is 1.34. The summed E-state index contributed by atoms with van der Waals surface area (Å²) in [6, 6.07) is 10.2. The molecule has 0 atom stereocenters. The topological polar surface area (TPSA) is 42.2 Å². The molecule has 18 heavy (non-hydrogen) atoms. The van der Waals surface area contributed by atoms with E-state index in [4.69, 9.17) is 5.73 Å². The van der Waals surface area contributed by atoms with E-state index in [1.54, 1.807) is 6.20 Å². The molecule has 1 heterocycles. The second-order valence-corrected chi connectivity index (χ2v) is 5.01. The van der Waals surface area contributed by atoms with Gasteiger partial charge in [-0.2, -0.15) is 0 Å². The molecular weight excluding hydrogens is 290 g/mol. The fourth-order valence-electron chi connectivity index (χ4n) is 1.96. The number of anilines is 1. The molecule has 0 unspecified atom stereocenters. The second-order valence-electron chi connectivity index (χ2n) is 4.16. The fourth-order valence-corrected chi connectivity index (χ4v) is 2.48. The van der Waals surface area contributed by atoms with Crippen molar-refractivity contribution in [2.75, 3.05) is 11.9 Å². The van der Waals surface area contributed by atoms with Crippen LogP contribution in [0.25, 0.3) is 0 Å². The predicted molar refractivity (Wildman–Crippen MR) is 78.4 cm³/mol. The molecule has 0 fully saturated rings. The van der Waals surface area contributed by atoms with Crippen LogP contribution in [0.1, 0.15) is 11.1 Å². The van der Waals surface area contributed by atoms with E-state index in [9.17, 15) is 0 Å². The first kappa shape index (κ1) is 13.1. The molecule has 1 aromatic heterocycles. The van der Waals surface area contributed by atoms with E-state index in [-0.39, 0.29) is 0 Å². The predicted octanol–water partition coefficient (Wildman–Crippen LogP) is 2.94. The van der Waals surface area contributed by atoms with Gasteiger partial charge in [-0.25, -0.2) is 0 Å². The van der Waals surface area contributed by atoms with Gasteiger partial charge in [0.15, 0.2) is 0 Å². The standard InChI is InChI=1S/C14H16BrN3/c1-18(10-11-4-3-7-17-9-11)14-6-2-5-13(15)12(14)8-16/h2-7,9H,8,10,16H2,1H3. The average molecular weight is 306 g/mol. The van der Waals surface area contributed by atoms with Crippen molar-refractivity contribution < 1.29 is 0 Å². The van der Waals surface area contributed by atoms with Crippen LogP contribution in [0, 0.1) is 0 Å². The molecule has 4 heteroatoms. The van der Waals surface area contributed by atoms with Crippen molar-refractivity contribution in [2.45, 2.75) is 13.1 Å². The number of nitrogens with zero attached hydrogens (tertiary/aromatic N) is 2. The lowest BCUT2D eigenvalue weighted by Gasteiger charge is -2.22. The summed E-state index contributed by atoms with van der Waals surface area (Å²) in [4.78, 5) is 6.32. The quantitative estimate of drug-likeness (QED) is 0.944. The van der Waals surface area contributed by atoms with Crippen LogP contribution in [0.4, 0.5) is 5.69 Å². The third-order valence-electron chi connectivity index (χ3n) is 2.85. The van der Waals surface area contributed by atoms with Crippen LogP contribution in [0.15, 0.2) is 47.2 Å². The van der Waals surface area contributed by atoms with Crippen molar-refractivity contribution in [1.29, 1.82) is 0 Å². The zero-order chi connectivity index (χ0) is 13.0. The summed E-state index contributed by atoms with van der Waals surface area (Å²) in [5.41, 5.74) is 9.27. The van der Waals surface area contributed by atoms with Gasteiger partial charge in [0.25, 0.3) is 0 Å². The minimum absolute atomic E-state index is 0.522. The number of hydrogen-bond donors (Lipinski definition) is 1. The van der Waals surface area contributed by atoms with Gasteiger partial charge in [0.1, 0.15) is 0 Å². The summed E-state index contributed by atoms with van der Waals surface area (Å²) >= 11 is 3.54. The highest BCUT2D eigenvalue weighted by Crippen LogP contribution is 2.27. The van der Waals surface area contributed by atoms with Gasteiger partial charge >= 0.3 is 0 Å². The molecule has 0 saturated heterocycles. The Kier molecular flexibility index (Phi) is 4.33. The average Bonchev–Trinajstić information content (AvgIpc) is 2.39. The Balaban J connectivity index is 2.24. The lowest BCUT2D eigenvalue weighted by molar-refractivity contribution is 0.896. The molecule has 0 aliphatic heterocycles. The second kappa shape index (κ2) is 5.98. The van der Waals surface area contributed by atoms with E-state index in [0.29, 0.717) is 6.54 Å². The van der Waals surface area contributed by atoms with Crippen molar-refractivity contribution in [3.63, 3.8) is 0 Å². The molecule has 2 aromatic rings. The van der Waals surface area contributed by atoms with Crippen molar-refractivity contribution in [3.05, 3.63) is 58.3 Å². The first-order chi connectivity index (χ1) is 8.72. The molecule has 0 amide bonds. The van der Waals surface area contributed by atoms with E-state index in [1.165, 1.54) is 5.56 Å². The van der Waals surface area contributed by atoms with Crippen LogP contribution in [0.5, 0.6) is 0 Å². The third kappa shape index (κ3) is 2.89. The summed E-state index contributed by atoms with van der Waals surface area (Å²) in [5, 5.41) is 0. The maximum atomic E-state index is 5.81. The monoisotopic (exact) mass is 305 g/mol. The normalized spacial score (nSPS) is 10.4. The Morgan fingerprint density at radius 2 is 2.11 bits per heavy atom. The summed E-state index contributed by atoms with van der Waals surface area (Å²) in [7, 11) is 2.06. The number of aromatic nitrogens is 1. The number of pyridine rings is 1. The highest BCUT2D eigenvalue weighted by molar-refractivity contribution is 9.10. The zero-order valence-corrected chi connectivity index (χ0v) is 11.9. The molecular formula is C14H16BrN3. The van der Waals surface area contributed by atoms with Crippen LogP contribution in [-0.4, -0.2) is 12.0 Å². The van der Waals surface area contributed by atoms with Gasteiger partial charge in [-0.1, -0.05) is 28.1 Å². The number of rotatable bonds is 4. The van der Waals surface area contributed by atoms with E-state index in [0.717, 1.165) is 22.3 Å². The Hall–Kier alpha value is -1.39. The van der Waals surface area contributed by atoms with Gasteiger partial charge < -0.3 is 10.6 Å². The van der Waals surface area contributed by atoms with E-state index in [2.05, 4.69) is 45.0 Å². The van der Waals surface area contributed by atoms with Crippen LogP contribution in [-0.2, 0) is 13.1 Å². The minimum atomic E-state index is 0.522. The molecule has 0 aliphatic carbocycles. The number of halogens is 1. The molecule has 2 N–H and O–H groups in total. The molecule has 2 rings (SSSR count). The van der Waals surface area contributed by atoms with Crippen LogP contribution >= 0.6 is 15.9 Å². The van der Waals surface area contributed by atoms with Crippen molar-refractivity contribution in [3.8, 4) is 0 Å². The summed E-state index contributed by atoms with van der Waals surface area (Å²) in [5.74, 6) is 0. The first-order valence-corrected chi connectivity index (χ1v) is 6.59. The highest BCUT2D eigenvalue weighted by atomic mass is 79.9. The van der Waals surface area contributed by atoms with Crippen LogP contribution in [0.2, 0.25) is 0 Å². The van der Waals surface area contributed by atoms with Gasteiger partial charge in [0.2, 0.25) is 0 Å². The van der Waals surface area contributed by atoms with Crippen molar-refractivity contribution >= 4 is 21.6 Å². The van der Waals surface area contributed by atoms with Crippen molar-refractivity contribution in [2.24, 2.45) is 5.73 Å². The first-order valence-electron chi connectivity index (χ1n) is 5.80. The smallest absolute Gasteiger partial charge is 0.0441 e. The molecule has 0 saturated carbocycles. The lowest BCUT2D eigenvalue weighted by atomic mass is 10.1. The molecule has 0 bridgehead atoms. The maximum absolute atomic E-state index is 5.81. The fraction of sp³-hybridized carbons (Fsp3) is 0.214. The Labute approximate surface area is 116 Å². The Bertz CT molecular complexity index is 514. The molecule has 0 aliphatic rings.